The minimum atomic E-state index is -0.472. The molecule has 0 saturated heterocycles. The fraction of sp³-hybridized carbons (Fsp3) is 0.571. The van der Waals surface area contributed by atoms with Crippen molar-refractivity contribution in [2.45, 2.75) is 20.8 Å². The molecule has 1 amide bonds. The lowest BCUT2D eigenvalue weighted by Gasteiger charge is -2.18. The monoisotopic (exact) mass is 314 g/mol. The van der Waals surface area contributed by atoms with Crippen LogP contribution in [0.2, 0.25) is 0 Å². The second-order valence-corrected chi connectivity index (χ2v) is 5.45. The van der Waals surface area contributed by atoms with Crippen LogP contribution in [-0.2, 0) is 9.47 Å². The molecule has 0 aliphatic carbocycles. The quantitative estimate of drug-likeness (QED) is 0.614. The van der Waals surface area contributed by atoms with E-state index in [4.69, 9.17) is 15.2 Å². The molecule has 0 saturated carbocycles. The van der Waals surface area contributed by atoms with Gasteiger partial charge in [0.2, 0.25) is 0 Å². The summed E-state index contributed by atoms with van der Waals surface area (Å²) in [6.07, 6.45) is 0. The van der Waals surface area contributed by atoms with Gasteiger partial charge in [0.15, 0.2) is 0 Å². The summed E-state index contributed by atoms with van der Waals surface area (Å²) in [5.74, 6) is -0.623. The summed E-state index contributed by atoms with van der Waals surface area (Å²) in [6, 6.07) is 0. The molecule has 0 aliphatic rings. The first-order valence-corrected chi connectivity index (χ1v) is 7.63. The zero-order valence-corrected chi connectivity index (χ0v) is 13.7. The molecule has 118 valence electrons. The molecular weight excluding hydrogens is 292 g/mol. The van der Waals surface area contributed by atoms with Gasteiger partial charge in [-0.25, -0.2) is 4.79 Å². The largest absolute Gasteiger partial charge is 0.459 e. The maximum Gasteiger partial charge on any atom is 0.348 e. The van der Waals surface area contributed by atoms with Crippen LogP contribution in [-0.4, -0.2) is 50.2 Å². The van der Waals surface area contributed by atoms with Gasteiger partial charge in [0.05, 0.1) is 17.2 Å². The van der Waals surface area contributed by atoms with Gasteiger partial charge in [-0.3, -0.25) is 4.79 Å². The number of ether oxygens (including phenoxy) is 2. The lowest BCUT2D eigenvalue weighted by molar-refractivity contribution is 0.0393. The summed E-state index contributed by atoms with van der Waals surface area (Å²) in [5, 5.41) is 0.350. The number of thiophene rings is 1. The molecule has 6 nitrogen and oxygen atoms in total. The van der Waals surface area contributed by atoms with E-state index in [-0.39, 0.29) is 12.5 Å². The molecule has 21 heavy (non-hydrogen) atoms. The Labute approximate surface area is 128 Å². The highest BCUT2D eigenvalue weighted by molar-refractivity contribution is 7.18. The number of hydrogen-bond acceptors (Lipinski definition) is 6. The second-order valence-electron chi connectivity index (χ2n) is 4.40. The Morgan fingerprint density at radius 2 is 1.86 bits per heavy atom. The highest BCUT2D eigenvalue weighted by atomic mass is 32.1. The molecule has 0 aromatic carbocycles. The van der Waals surface area contributed by atoms with Crippen LogP contribution >= 0.6 is 11.3 Å². The van der Waals surface area contributed by atoms with E-state index in [9.17, 15) is 9.59 Å². The molecule has 1 aromatic rings. The summed E-state index contributed by atoms with van der Waals surface area (Å²) < 4.78 is 9.90. The van der Waals surface area contributed by atoms with Crippen molar-refractivity contribution in [3.05, 3.63) is 16.0 Å². The normalized spacial score (nSPS) is 10.5. The number of anilines is 1. The SMILES string of the molecule is CCN(CC)C(=O)c1c(N)sc(C(=O)OCCOC)c1C. The number of carbonyl (C=O) groups is 2. The van der Waals surface area contributed by atoms with E-state index in [0.717, 1.165) is 11.3 Å². The van der Waals surface area contributed by atoms with Gasteiger partial charge in [0.1, 0.15) is 11.5 Å². The van der Waals surface area contributed by atoms with E-state index >= 15 is 0 Å². The van der Waals surface area contributed by atoms with Gasteiger partial charge in [0.25, 0.3) is 5.91 Å². The summed E-state index contributed by atoms with van der Waals surface area (Å²) in [5.41, 5.74) is 6.91. The first-order chi connectivity index (χ1) is 9.97. The van der Waals surface area contributed by atoms with Crippen LogP contribution in [0.15, 0.2) is 0 Å². The number of methoxy groups -OCH3 is 1. The molecule has 2 N–H and O–H groups in total. The van der Waals surface area contributed by atoms with Crippen LogP contribution in [0.5, 0.6) is 0 Å². The minimum Gasteiger partial charge on any atom is -0.459 e. The van der Waals surface area contributed by atoms with Crippen molar-refractivity contribution in [3.63, 3.8) is 0 Å². The predicted octanol–water partition coefficient (Wildman–Crippen LogP) is 1.92. The fourth-order valence-corrected chi connectivity index (χ4v) is 2.91. The number of rotatable bonds is 7. The zero-order chi connectivity index (χ0) is 16.0. The number of hydrogen-bond donors (Lipinski definition) is 1. The Morgan fingerprint density at radius 3 is 2.38 bits per heavy atom. The predicted molar refractivity (Wildman–Crippen MR) is 82.9 cm³/mol. The smallest absolute Gasteiger partial charge is 0.348 e. The van der Waals surface area contributed by atoms with Gasteiger partial charge in [-0.05, 0) is 26.3 Å². The third-order valence-electron chi connectivity index (χ3n) is 3.14. The van der Waals surface area contributed by atoms with Gasteiger partial charge in [-0.15, -0.1) is 11.3 Å². The van der Waals surface area contributed by atoms with Crippen molar-refractivity contribution in [1.82, 2.24) is 4.90 Å². The number of nitrogens with two attached hydrogens (primary N) is 1. The van der Waals surface area contributed by atoms with Crippen LogP contribution < -0.4 is 5.73 Å². The van der Waals surface area contributed by atoms with Crippen LogP contribution in [0.1, 0.15) is 39.4 Å². The molecule has 1 aromatic heterocycles. The Morgan fingerprint density at radius 1 is 1.24 bits per heavy atom. The highest BCUT2D eigenvalue weighted by Gasteiger charge is 2.26. The molecule has 0 radical (unpaired) electrons. The van der Waals surface area contributed by atoms with Crippen LogP contribution in [0, 0.1) is 6.92 Å². The standard InChI is InChI=1S/C14H22N2O4S/c1-5-16(6-2)13(17)10-9(3)11(21-12(10)15)14(18)20-8-7-19-4/h5-8,15H2,1-4H3. The maximum absolute atomic E-state index is 12.4. The molecule has 0 aliphatic heterocycles. The van der Waals surface area contributed by atoms with Gasteiger partial charge >= 0.3 is 5.97 Å². The molecule has 0 bridgehead atoms. The third kappa shape index (κ3) is 3.95. The van der Waals surface area contributed by atoms with E-state index in [1.807, 2.05) is 13.8 Å². The number of esters is 1. The van der Waals surface area contributed by atoms with Gasteiger partial charge in [-0.1, -0.05) is 0 Å². The van der Waals surface area contributed by atoms with Gasteiger partial charge in [-0.2, -0.15) is 0 Å². The average molecular weight is 314 g/mol. The molecular formula is C14H22N2O4S. The third-order valence-corrected chi connectivity index (χ3v) is 4.25. The molecule has 0 spiro atoms. The van der Waals surface area contributed by atoms with Crippen LogP contribution in [0.25, 0.3) is 0 Å². The molecule has 7 heteroatoms. The number of nitrogen functional groups attached to an aromatic ring is 1. The first-order valence-electron chi connectivity index (χ1n) is 6.82. The van der Waals surface area contributed by atoms with Crippen molar-refractivity contribution >= 4 is 28.2 Å². The summed E-state index contributed by atoms with van der Waals surface area (Å²) >= 11 is 1.09. The minimum absolute atomic E-state index is 0.151. The molecule has 0 unspecified atom stereocenters. The molecule has 0 fully saturated rings. The Hall–Kier alpha value is -1.60. The summed E-state index contributed by atoms with van der Waals surface area (Å²) in [7, 11) is 1.53. The summed E-state index contributed by atoms with van der Waals surface area (Å²) in [4.78, 5) is 26.5. The first kappa shape index (κ1) is 17.5. The lowest BCUT2D eigenvalue weighted by atomic mass is 10.1. The molecule has 1 rings (SSSR count). The van der Waals surface area contributed by atoms with Crippen molar-refractivity contribution in [2.24, 2.45) is 0 Å². The van der Waals surface area contributed by atoms with Crippen molar-refractivity contribution < 1.29 is 19.1 Å². The lowest BCUT2D eigenvalue weighted by Crippen LogP contribution is -2.31. The summed E-state index contributed by atoms with van der Waals surface area (Å²) in [6.45, 7) is 7.22. The second kappa shape index (κ2) is 7.99. The van der Waals surface area contributed by atoms with Gasteiger partial charge in [0, 0.05) is 20.2 Å². The fourth-order valence-electron chi connectivity index (χ4n) is 1.95. The van der Waals surface area contributed by atoms with Crippen molar-refractivity contribution in [2.75, 3.05) is 39.1 Å². The number of nitrogens with zero attached hydrogens (tertiary/aromatic N) is 1. The van der Waals surface area contributed by atoms with E-state index in [1.165, 1.54) is 7.11 Å². The van der Waals surface area contributed by atoms with Crippen molar-refractivity contribution in [1.29, 1.82) is 0 Å². The highest BCUT2D eigenvalue weighted by Crippen LogP contribution is 2.32. The van der Waals surface area contributed by atoms with E-state index in [1.54, 1.807) is 11.8 Å². The Balaban J connectivity index is 2.99. The zero-order valence-electron chi connectivity index (χ0n) is 12.9. The van der Waals surface area contributed by atoms with E-state index < -0.39 is 5.97 Å². The molecule has 1 heterocycles. The van der Waals surface area contributed by atoms with Crippen LogP contribution in [0.3, 0.4) is 0 Å². The Bertz CT molecular complexity index is 509. The number of carbonyl (C=O) groups excluding carboxylic acids is 2. The maximum atomic E-state index is 12.4. The van der Waals surface area contributed by atoms with Crippen molar-refractivity contribution in [3.8, 4) is 0 Å². The average Bonchev–Trinajstić information content (AvgIpc) is 2.75. The number of amides is 1. The van der Waals surface area contributed by atoms with Gasteiger partial charge < -0.3 is 20.1 Å². The van der Waals surface area contributed by atoms with E-state index in [0.29, 0.717) is 40.7 Å². The molecule has 0 atom stereocenters. The Kier molecular flexibility index (Phi) is 6.64. The van der Waals surface area contributed by atoms with E-state index in [2.05, 4.69) is 0 Å². The van der Waals surface area contributed by atoms with Crippen LogP contribution in [0.4, 0.5) is 5.00 Å². The topological polar surface area (TPSA) is 81.9 Å².